The molecule has 0 aliphatic carbocycles. The maximum Gasteiger partial charge on any atom is 0.416 e. The zero-order valence-corrected chi connectivity index (χ0v) is 9.76. The average molecular weight is 280 g/mol. The van der Waals surface area contributed by atoms with E-state index in [2.05, 4.69) is 0 Å². The van der Waals surface area contributed by atoms with Crippen LogP contribution >= 0.6 is 0 Å². The fourth-order valence-electron chi connectivity index (χ4n) is 1.23. The largest absolute Gasteiger partial charge is 0.416 e. The van der Waals surface area contributed by atoms with E-state index in [-0.39, 0.29) is 13.2 Å². The molecule has 0 aliphatic heterocycles. The molecule has 0 atom stereocenters. The molecule has 0 unspecified atom stereocenters. The first-order chi connectivity index (χ1) is 8.84. The van der Waals surface area contributed by atoms with Crippen LogP contribution in [0.5, 0.6) is 0 Å². The predicted molar refractivity (Wildman–Crippen MR) is 59.9 cm³/mol. The number of carbonyl (C=O) groups is 1. The van der Waals surface area contributed by atoms with Crippen molar-refractivity contribution in [1.82, 2.24) is 0 Å². The van der Waals surface area contributed by atoms with Crippen LogP contribution in [0.1, 0.15) is 5.56 Å². The van der Waals surface area contributed by atoms with Crippen molar-refractivity contribution in [3.05, 3.63) is 29.6 Å². The van der Waals surface area contributed by atoms with Gasteiger partial charge >= 0.3 is 6.18 Å². The van der Waals surface area contributed by atoms with Crippen LogP contribution in [0.25, 0.3) is 0 Å². The van der Waals surface area contributed by atoms with E-state index in [9.17, 15) is 22.4 Å². The van der Waals surface area contributed by atoms with E-state index in [0.29, 0.717) is 18.2 Å². The Morgan fingerprint density at radius 1 is 1.37 bits per heavy atom. The quantitative estimate of drug-likeness (QED) is 0.638. The van der Waals surface area contributed by atoms with Crippen LogP contribution in [0.4, 0.5) is 23.2 Å². The van der Waals surface area contributed by atoms with Gasteiger partial charge in [0.1, 0.15) is 12.4 Å². The molecule has 1 rings (SSSR count). The number of hydrogen-bond acceptors (Lipinski definition) is 3. The Hall–Kier alpha value is -1.67. The first-order valence-corrected chi connectivity index (χ1v) is 5.29. The van der Waals surface area contributed by atoms with Crippen LogP contribution in [0.2, 0.25) is 0 Å². The molecule has 8 heteroatoms. The van der Waals surface area contributed by atoms with Crippen molar-refractivity contribution in [2.45, 2.75) is 6.18 Å². The number of amides is 1. The summed E-state index contributed by atoms with van der Waals surface area (Å²) in [5.74, 6) is -1.72. The highest BCUT2D eigenvalue weighted by atomic mass is 19.4. The molecule has 1 aromatic rings. The van der Waals surface area contributed by atoms with Gasteiger partial charge < -0.3 is 15.8 Å². The van der Waals surface area contributed by atoms with Crippen LogP contribution in [0.3, 0.4) is 0 Å². The van der Waals surface area contributed by atoms with E-state index in [1.165, 1.54) is 0 Å². The third kappa shape index (κ3) is 4.84. The normalized spacial score (nSPS) is 11.4. The second-order valence-electron chi connectivity index (χ2n) is 3.58. The number of anilines is 1. The summed E-state index contributed by atoms with van der Waals surface area (Å²) in [6.07, 6.45) is -4.61. The molecule has 4 nitrogen and oxygen atoms in total. The number of halogens is 4. The summed E-state index contributed by atoms with van der Waals surface area (Å²) in [6, 6.07) is 1.76. The van der Waals surface area contributed by atoms with Gasteiger partial charge in [0.2, 0.25) is 5.91 Å². The Labute approximate surface area is 106 Å². The second-order valence-corrected chi connectivity index (χ2v) is 3.58. The van der Waals surface area contributed by atoms with Gasteiger partial charge in [-0.2, -0.15) is 13.2 Å². The van der Waals surface area contributed by atoms with Crippen LogP contribution in [0.15, 0.2) is 18.2 Å². The van der Waals surface area contributed by atoms with Gasteiger partial charge in [0.15, 0.2) is 0 Å². The fraction of sp³-hybridized carbons (Fsp3) is 0.364. The average Bonchev–Trinajstić information content (AvgIpc) is 2.31. The molecule has 1 aromatic carbocycles. The molecule has 0 spiro atoms. The summed E-state index contributed by atoms with van der Waals surface area (Å²) in [5.41, 5.74) is 3.52. The summed E-state index contributed by atoms with van der Waals surface area (Å²) in [7, 11) is 0. The van der Waals surface area contributed by atoms with Crippen molar-refractivity contribution < 1.29 is 27.1 Å². The Kier molecular flexibility index (Phi) is 5.25. The topological polar surface area (TPSA) is 64.3 Å². The van der Waals surface area contributed by atoms with Gasteiger partial charge in [-0.1, -0.05) is 0 Å². The van der Waals surface area contributed by atoms with E-state index >= 15 is 0 Å². The molecule has 0 bridgehead atoms. The highest BCUT2D eigenvalue weighted by Gasteiger charge is 2.31. The van der Waals surface area contributed by atoms with Crippen LogP contribution < -0.4 is 11.1 Å². The molecule has 0 fully saturated rings. The summed E-state index contributed by atoms with van der Waals surface area (Å²) in [5, 5.41) is 2.00. The van der Waals surface area contributed by atoms with Gasteiger partial charge in [0.25, 0.3) is 0 Å². The highest BCUT2D eigenvalue weighted by molar-refractivity contribution is 5.91. The molecular weight excluding hydrogens is 268 g/mol. The van der Waals surface area contributed by atoms with Crippen molar-refractivity contribution in [2.24, 2.45) is 5.73 Å². The van der Waals surface area contributed by atoms with Crippen molar-refractivity contribution >= 4 is 11.6 Å². The highest BCUT2D eigenvalue weighted by Crippen LogP contribution is 2.31. The molecule has 19 heavy (non-hydrogen) atoms. The lowest BCUT2D eigenvalue weighted by molar-refractivity contribution is -0.137. The number of hydrogen-bond donors (Lipinski definition) is 2. The number of carbonyl (C=O) groups excluding carboxylic acids is 1. The number of rotatable bonds is 5. The second kappa shape index (κ2) is 6.48. The van der Waals surface area contributed by atoms with Gasteiger partial charge in [-0.05, 0) is 18.2 Å². The molecule has 0 saturated heterocycles. The molecule has 106 valence electrons. The molecule has 0 saturated carbocycles. The smallest absolute Gasteiger partial charge is 0.370 e. The monoisotopic (exact) mass is 280 g/mol. The maximum atomic E-state index is 13.3. The van der Waals surface area contributed by atoms with E-state index in [4.69, 9.17) is 10.5 Å². The SMILES string of the molecule is NCCOCC(=O)Nc1cc(C(F)(F)F)ccc1F. The number of nitrogens with two attached hydrogens (primary N) is 1. The van der Waals surface area contributed by atoms with E-state index in [1.54, 1.807) is 0 Å². The zero-order chi connectivity index (χ0) is 14.5. The third-order valence-electron chi connectivity index (χ3n) is 2.06. The number of nitrogens with one attached hydrogen (secondary N) is 1. The molecule has 0 aromatic heterocycles. The predicted octanol–water partition coefficient (Wildman–Crippen LogP) is 1.76. The van der Waals surface area contributed by atoms with Crippen molar-refractivity contribution in [3.63, 3.8) is 0 Å². The first kappa shape index (κ1) is 15.4. The standard InChI is InChI=1S/C11H12F4N2O2/c12-8-2-1-7(11(13,14)15)5-9(8)17-10(18)6-19-4-3-16/h1-2,5H,3-4,6,16H2,(H,17,18). The van der Waals surface area contributed by atoms with Gasteiger partial charge in [-0.15, -0.1) is 0 Å². The van der Waals surface area contributed by atoms with Gasteiger partial charge in [-0.3, -0.25) is 4.79 Å². The number of ether oxygens (including phenoxy) is 1. The van der Waals surface area contributed by atoms with E-state index in [0.717, 1.165) is 0 Å². The molecule has 0 radical (unpaired) electrons. The molecule has 0 aliphatic rings. The molecule has 1 amide bonds. The molecular formula is C11H12F4N2O2. The minimum atomic E-state index is -4.61. The van der Waals surface area contributed by atoms with Crippen molar-refractivity contribution in [3.8, 4) is 0 Å². The lowest BCUT2D eigenvalue weighted by Crippen LogP contribution is -2.21. The first-order valence-electron chi connectivity index (χ1n) is 5.29. The number of alkyl halides is 3. The molecule has 3 N–H and O–H groups in total. The summed E-state index contributed by atoms with van der Waals surface area (Å²) in [6.45, 7) is -0.0867. The van der Waals surface area contributed by atoms with Crippen LogP contribution in [0, 0.1) is 5.82 Å². The number of benzene rings is 1. The third-order valence-corrected chi connectivity index (χ3v) is 2.06. The Morgan fingerprint density at radius 2 is 2.05 bits per heavy atom. The van der Waals surface area contributed by atoms with Gasteiger partial charge in [-0.25, -0.2) is 4.39 Å². The maximum absolute atomic E-state index is 13.3. The minimum Gasteiger partial charge on any atom is -0.370 e. The Bertz CT molecular complexity index is 449. The van der Waals surface area contributed by atoms with Crippen LogP contribution in [-0.4, -0.2) is 25.7 Å². The summed E-state index contributed by atoms with van der Waals surface area (Å²) >= 11 is 0. The van der Waals surface area contributed by atoms with Gasteiger partial charge in [0, 0.05) is 6.54 Å². The molecule has 0 heterocycles. The van der Waals surface area contributed by atoms with Crippen molar-refractivity contribution in [2.75, 3.05) is 25.1 Å². The summed E-state index contributed by atoms with van der Waals surface area (Å²) in [4.78, 5) is 11.3. The Balaban J connectivity index is 2.74. The zero-order valence-electron chi connectivity index (χ0n) is 9.76. The van der Waals surface area contributed by atoms with E-state index < -0.39 is 35.8 Å². The lowest BCUT2D eigenvalue weighted by atomic mass is 10.2. The Morgan fingerprint density at radius 3 is 2.63 bits per heavy atom. The minimum absolute atomic E-state index is 0.124. The van der Waals surface area contributed by atoms with Crippen LogP contribution in [-0.2, 0) is 15.7 Å². The van der Waals surface area contributed by atoms with E-state index in [1.807, 2.05) is 5.32 Å². The lowest BCUT2D eigenvalue weighted by Gasteiger charge is -2.11. The fourth-order valence-corrected chi connectivity index (χ4v) is 1.23. The van der Waals surface area contributed by atoms with Gasteiger partial charge in [0.05, 0.1) is 17.9 Å². The summed E-state index contributed by atoms with van der Waals surface area (Å²) < 4.78 is 55.3. The van der Waals surface area contributed by atoms with Crippen molar-refractivity contribution in [1.29, 1.82) is 0 Å².